The number of benzene rings is 3. The summed E-state index contributed by atoms with van der Waals surface area (Å²) in [6.45, 7) is -0.0117. The van der Waals surface area contributed by atoms with Gasteiger partial charge in [-0.15, -0.1) is 0 Å². The molecule has 3 amide bonds. The van der Waals surface area contributed by atoms with Crippen molar-refractivity contribution >= 4 is 29.6 Å². The molecule has 0 aliphatic carbocycles. The Bertz CT molecular complexity index is 1230. The summed E-state index contributed by atoms with van der Waals surface area (Å²) in [6, 6.07) is 21.1. The number of hydrazone groups is 1. The van der Waals surface area contributed by atoms with Crippen molar-refractivity contribution in [3.05, 3.63) is 83.9 Å². The number of hydrogen-bond donors (Lipinski definition) is 3. The molecule has 0 radical (unpaired) electrons. The van der Waals surface area contributed by atoms with Crippen LogP contribution in [0, 0.1) is 0 Å². The minimum atomic E-state index is -0.892. The summed E-state index contributed by atoms with van der Waals surface area (Å²) in [4.78, 5) is 36.1. The Morgan fingerprint density at radius 3 is 2.42 bits per heavy atom. The monoisotopic (exact) mass is 490 g/mol. The van der Waals surface area contributed by atoms with E-state index in [1.165, 1.54) is 13.3 Å². The van der Waals surface area contributed by atoms with Crippen molar-refractivity contribution < 1.29 is 28.6 Å². The van der Waals surface area contributed by atoms with Gasteiger partial charge in [0, 0.05) is 18.3 Å². The number of ether oxygens (including phenoxy) is 3. The van der Waals surface area contributed by atoms with Gasteiger partial charge in [-0.3, -0.25) is 14.4 Å². The summed E-state index contributed by atoms with van der Waals surface area (Å²) in [6.07, 6.45) is 1.35. The van der Waals surface area contributed by atoms with Crippen LogP contribution in [-0.2, 0) is 20.9 Å². The third kappa shape index (κ3) is 7.87. The second-order valence-electron chi connectivity index (χ2n) is 7.35. The fraction of sp³-hybridized carbons (Fsp3) is 0.154. The van der Waals surface area contributed by atoms with Crippen LogP contribution < -0.4 is 30.3 Å². The number of carbonyl (C=O) groups excluding carboxylic acids is 3. The molecule has 3 aromatic rings. The second-order valence-corrected chi connectivity index (χ2v) is 7.35. The van der Waals surface area contributed by atoms with E-state index in [-0.39, 0.29) is 19.1 Å². The zero-order chi connectivity index (χ0) is 25.8. The van der Waals surface area contributed by atoms with E-state index in [0.717, 1.165) is 5.56 Å². The molecule has 186 valence electrons. The van der Waals surface area contributed by atoms with Crippen LogP contribution >= 0.6 is 0 Å². The molecule has 3 aromatic carbocycles. The van der Waals surface area contributed by atoms with Crippen molar-refractivity contribution in [1.82, 2.24) is 10.7 Å². The maximum absolute atomic E-state index is 12.2. The number of rotatable bonds is 10. The van der Waals surface area contributed by atoms with E-state index >= 15 is 0 Å². The average molecular weight is 491 g/mol. The molecule has 36 heavy (non-hydrogen) atoms. The Balaban J connectivity index is 1.49. The van der Waals surface area contributed by atoms with E-state index in [0.29, 0.717) is 28.5 Å². The van der Waals surface area contributed by atoms with Gasteiger partial charge in [0.1, 0.15) is 5.75 Å². The van der Waals surface area contributed by atoms with E-state index < -0.39 is 11.8 Å². The van der Waals surface area contributed by atoms with Crippen molar-refractivity contribution in [3.8, 4) is 17.2 Å². The molecule has 3 rings (SSSR count). The van der Waals surface area contributed by atoms with Gasteiger partial charge in [-0.05, 0) is 41.5 Å². The van der Waals surface area contributed by atoms with Crippen LogP contribution in [0.25, 0.3) is 0 Å². The van der Waals surface area contributed by atoms with Crippen molar-refractivity contribution in [2.45, 2.75) is 6.54 Å². The van der Waals surface area contributed by atoms with E-state index in [2.05, 4.69) is 21.2 Å². The van der Waals surface area contributed by atoms with Gasteiger partial charge < -0.3 is 24.8 Å². The van der Waals surface area contributed by atoms with Crippen LogP contribution in [0.1, 0.15) is 11.1 Å². The maximum Gasteiger partial charge on any atom is 0.329 e. The summed E-state index contributed by atoms with van der Waals surface area (Å²) >= 11 is 0. The number of nitrogens with zero attached hydrogens (tertiary/aromatic N) is 1. The van der Waals surface area contributed by atoms with Gasteiger partial charge >= 0.3 is 11.8 Å². The number of hydrogen-bond acceptors (Lipinski definition) is 7. The molecular formula is C26H26N4O6. The van der Waals surface area contributed by atoms with Gasteiger partial charge in [-0.25, -0.2) is 5.43 Å². The molecule has 0 saturated heterocycles. The number of methoxy groups -OCH3 is 2. The topological polar surface area (TPSA) is 127 Å². The highest BCUT2D eigenvalue weighted by molar-refractivity contribution is 6.35. The molecule has 0 aromatic heterocycles. The Hall–Kier alpha value is -4.86. The highest BCUT2D eigenvalue weighted by Crippen LogP contribution is 2.27. The lowest BCUT2D eigenvalue weighted by Crippen LogP contribution is -2.37. The molecular weight excluding hydrogens is 464 g/mol. The number of carbonyl (C=O) groups is 3. The Morgan fingerprint density at radius 1 is 0.861 bits per heavy atom. The maximum atomic E-state index is 12.2. The van der Waals surface area contributed by atoms with Crippen molar-refractivity contribution in [2.24, 2.45) is 5.10 Å². The molecule has 0 spiro atoms. The van der Waals surface area contributed by atoms with Crippen molar-refractivity contribution in [3.63, 3.8) is 0 Å². The lowest BCUT2D eigenvalue weighted by Gasteiger charge is -2.12. The lowest BCUT2D eigenvalue weighted by molar-refractivity contribution is -0.139. The first-order valence-electron chi connectivity index (χ1n) is 10.9. The normalized spacial score (nSPS) is 10.4. The standard InChI is InChI=1S/C26H26N4O6/c1-34-21-10-6-9-20(14-21)29-24(31)17-36-22-12-11-19(13-23(22)35-2)16-28-30-26(33)25(32)27-15-18-7-4-3-5-8-18/h3-14,16H,15,17H2,1-2H3,(H,27,32)(H,29,31)(H,30,33)/b28-16-. The SMILES string of the molecule is COc1cccc(NC(=O)COc2ccc(/C=N\NC(=O)C(=O)NCc3ccccc3)cc2OC)c1. The summed E-state index contributed by atoms with van der Waals surface area (Å²) in [5, 5.41) is 9.04. The third-order valence-corrected chi connectivity index (χ3v) is 4.78. The van der Waals surface area contributed by atoms with E-state index in [4.69, 9.17) is 14.2 Å². The van der Waals surface area contributed by atoms with Gasteiger partial charge in [-0.1, -0.05) is 36.4 Å². The lowest BCUT2D eigenvalue weighted by atomic mass is 10.2. The van der Waals surface area contributed by atoms with Gasteiger partial charge in [0.2, 0.25) is 0 Å². The van der Waals surface area contributed by atoms with E-state index in [9.17, 15) is 14.4 Å². The van der Waals surface area contributed by atoms with Crippen LogP contribution in [0.3, 0.4) is 0 Å². The minimum absolute atomic E-state index is 0.229. The first kappa shape index (κ1) is 25.8. The van der Waals surface area contributed by atoms with Gasteiger partial charge in [0.15, 0.2) is 18.1 Å². The van der Waals surface area contributed by atoms with E-state index in [1.807, 2.05) is 30.3 Å². The zero-order valence-corrected chi connectivity index (χ0v) is 19.8. The summed E-state index contributed by atoms with van der Waals surface area (Å²) < 4.78 is 16.0. The summed E-state index contributed by atoms with van der Waals surface area (Å²) in [7, 11) is 3.00. The fourth-order valence-corrected chi connectivity index (χ4v) is 3.00. The van der Waals surface area contributed by atoms with E-state index in [1.54, 1.807) is 49.6 Å². The molecule has 0 heterocycles. The zero-order valence-electron chi connectivity index (χ0n) is 19.8. The molecule has 0 aliphatic rings. The molecule has 3 N–H and O–H groups in total. The molecule has 0 fully saturated rings. The predicted octanol–water partition coefficient (Wildman–Crippen LogP) is 2.49. The summed E-state index contributed by atoms with van der Waals surface area (Å²) in [5.41, 5.74) is 4.20. The van der Waals surface area contributed by atoms with Gasteiger partial charge in [0.05, 0.1) is 20.4 Å². The summed E-state index contributed by atoms with van der Waals surface area (Å²) in [5.74, 6) is -0.721. The number of amides is 3. The first-order chi connectivity index (χ1) is 17.5. The molecule has 10 nitrogen and oxygen atoms in total. The molecule has 0 atom stereocenters. The molecule has 0 aliphatic heterocycles. The van der Waals surface area contributed by atoms with Crippen LogP contribution in [0.5, 0.6) is 17.2 Å². The van der Waals surface area contributed by atoms with Gasteiger partial charge in [0.25, 0.3) is 5.91 Å². The Morgan fingerprint density at radius 2 is 1.67 bits per heavy atom. The first-order valence-corrected chi connectivity index (χ1v) is 10.9. The van der Waals surface area contributed by atoms with Crippen LogP contribution in [0.4, 0.5) is 5.69 Å². The highest BCUT2D eigenvalue weighted by Gasteiger charge is 2.12. The Kier molecular flexibility index (Phi) is 9.40. The fourth-order valence-electron chi connectivity index (χ4n) is 3.00. The quantitative estimate of drug-likeness (QED) is 0.228. The smallest absolute Gasteiger partial charge is 0.329 e. The molecule has 0 saturated carbocycles. The molecule has 0 bridgehead atoms. The van der Waals surface area contributed by atoms with Crippen LogP contribution in [0.2, 0.25) is 0 Å². The average Bonchev–Trinajstić information content (AvgIpc) is 2.91. The minimum Gasteiger partial charge on any atom is -0.497 e. The Labute approximate surface area is 208 Å². The third-order valence-electron chi connectivity index (χ3n) is 4.78. The van der Waals surface area contributed by atoms with Crippen LogP contribution in [0.15, 0.2) is 77.9 Å². The second kappa shape index (κ2) is 13.1. The largest absolute Gasteiger partial charge is 0.497 e. The van der Waals surface area contributed by atoms with Gasteiger partial charge in [-0.2, -0.15) is 5.10 Å². The number of anilines is 1. The molecule has 10 heteroatoms. The van der Waals surface area contributed by atoms with Crippen molar-refractivity contribution in [1.29, 1.82) is 0 Å². The highest BCUT2D eigenvalue weighted by atomic mass is 16.5. The van der Waals surface area contributed by atoms with Crippen molar-refractivity contribution in [2.75, 3.05) is 26.1 Å². The molecule has 0 unspecified atom stereocenters. The van der Waals surface area contributed by atoms with Crippen LogP contribution in [-0.4, -0.2) is 44.8 Å². The number of nitrogens with one attached hydrogen (secondary N) is 3. The predicted molar refractivity (Wildman–Crippen MR) is 134 cm³/mol.